The van der Waals surface area contributed by atoms with Crippen molar-refractivity contribution in [1.82, 2.24) is 9.97 Å². The fourth-order valence-electron chi connectivity index (χ4n) is 8.17. The summed E-state index contributed by atoms with van der Waals surface area (Å²) in [5.74, 6) is 0.663. The minimum absolute atomic E-state index is 0.196. The van der Waals surface area contributed by atoms with Crippen molar-refractivity contribution in [3.63, 3.8) is 0 Å². The maximum Gasteiger partial charge on any atom is 0.160 e. The Kier molecular flexibility index (Phi) is 6.64. The van der Waals surface area contributed by atoms with Gasteiger partial charge in [-0.05, 0) is 90.7 Å². The van der Waals surface area contributed by atoms with E-state index in [0.29, 0.717) is 11.4 Å². The number of hydrogen-bond acceptors (Lipinski definition) is 2. The lowest BCUT2D eigenvalue weighted by molar-refractivity contribution is 0.661. The van der Waals surface area contributed by atoms with Gasteiger partial charge in [-0.15, -0.1) is 0 Å². The molecule has 0 unspecified atom stereocenters. The Bertz CT molecular complexity index is 3150. The van der Waals surface area contributed by atoms with Crippen LogP contribution in [0.4, 0.5) is 0 Å². The van der Waals surface area contributed by atoms with Gasteiger partial charge in [0.2, 0.25) is 0 Å². The van der Waals surface area contributed by atoms with E-state index < -0.39 is 5.41 Å². The molecule has 1 aliphatic rings. The molecule has 1 heterocycles. The molecule has 10 rings (SSSR count). The maximum absolute atomic E-state index is 8.61. The summed E-state index contributed by atoms with van der Waals surface area (Å²) in [5, 5.41) is 2.20. The van der Waals surface area contributed by atoms with E-state index >= 15 is 0 Å². The Morgan fingerprint density at radius 1 is 0.382 bits per heavy atom. The lowest BCUT2D eigenvalue weighted by Gasteiger charge is -2.23. The van der Waals surface area contributed by atoms with Crippen molar-refractivity contribution in [2.75, 3.05) is 0 Å². The Hall–Kier alpha value is -6.90. The molecule has 0 N–H and O–H groups in total. The summed E-state index contributed by atoms with van der Waals surface area (Å²) in [6, 6.07) is 55.2. The van der Waals surface area contributed by atoms with Gasteiger partial charge in [-0.3, -0.25) is 0 Å². The number of nitrogens with zero attached hydrogens (tertiary/aromatic N) is 2. The monoisotopic (exact) mass is 707 g/mol. The van der Waals surface area contributed by atoms with Crippen LogP contribution in [-0.4, -0.2) is 9.97 Å². The molecule has 0 spiro atoms. The molecule has 55 heavy (non-hydrogen) atoms. The normalized spacial score (nSPS) is 14.0. The van der Waals surface area contributed by atoms with E-state index in [0.717, 1.165) is 77.8 Å². The number of aromatic nitrogens is 2. The van der Waals surface area contributed by atoms with Gasteiger partial charge in [0.1, 0.15) is 0 Å². The standard InChI is InChI=1S/C53H38N2/c1-53(2)48-32-39(36-17-8-4-9-18-36)25-27-45(48)46-28-26-40(33-49(46)53)42-29-30-47(44-24-13-12-23-43(42)44)51-34-50(54-52(55-51)37-19-10-5-11-20-37)41-22-14-21-38(31-41)35-15-6-3-7-16-35/h3-34H,1-2H3/i4D,8D,9D,17D,18D. The van der Waals surface area contributed by atoms with Gasteiger partial charge in [0.25, 0.3) is 0 Å². The predicted molar refractivity (Wildman–Crippen MR) is 230 cm³/mol. The first-order valence-electron chi connectivity index (χ1n) is 21.1. The van der Waals surface area contributed by atoms with Gasteiger partial charge in [0.05, 0.1) is 18.2 Å². The highest BCUT2D eigenvalue weighted by atomic mass is 14.9. The molecular weight excluding hydrogens is 665 g/mol. The van der Waals surface area contributed by atoms with Crippen LogP contribution in [-0.2, 0) is 5.41 Å². The molecule has 0 saturated heterocycles. The van der Waals surface area contributed by atoms with E-state index in [1.165, 1.54) is 5.56 Å². The summed E-state index contributed by atoms with van der Waals surface area (Å²) >= 11 is 0. The van der Waals surface area contributed by atoms with Crippen LogP contribution in [0.5, 0.6) is 0 Å². The zero-order valence-corrected chi connectivity index (χ0v) is 30.5. The molecule has 0 bridgehead atoms. The van der Waals surface area contributed by atoms with Crippen LogP contribution in [0.1, 0.15) is 31.8 Å². The van der Waals surface area contributed by atoms with Crippen LogP contribution in [0, 0.1) is 0 Å². The Morgan fingerprint density at radius 2 is 0.909 bits per heavy atom. The van der Waals surface area contributed by atoms with Gasteiger partial charge in [-0.25, -0.2) is 9.97 Å². The summed E-state index contributed by atoms with van der Waals surface area (Å²) in [4.78, 5) is 10.3. The summed E-state index contributed by atoms with van der Waals surface area (Å²) in [6.45, 7) is 4.39. The molecule has 0 fully saturated rings. The van der Waals surface area contributed by atoms with Gasteiger partial charge in [0, 0.05) is 22.1 Å². The molecule has 260 valence electrons. The zero-order valence-electron chi connectivity index (χ0n) is 35.5. The number of fused-ring (bicyclic) bond motifs is 4. The number of benzene rings is 8. The lowest BCUT2D eigenvalue weighted by Crippen LogP contribution is -2.15. The van der Waals surface area contributed by atoms with Crippen LogP contribution in [0.3, 0.4) is 0 Å². The van der Waals surface area contributed by atoms with E-state index in [1.54, 1.807) is 0 Å². The molecule has 0 radical (unpaired) electrons. The van der Waals surface area contributed by atoms with Gasteiger partial charge in [-0.1, -0.05) is 184 Å². The van der Waals surface area contributed by atoms with Crippen molar-refractivity contribution in [1.29, 1.82) is 0 Å². The summed E-state index contributed by atoms with van der Waals surface area (Å²) in [5.41, 5.74) is 14.0. The highest BCUT2D eigenvalue weighted by Crippen LogP contribution is 2.51. The van der Waals surface area contributed by atoms with E-state index in [2.05, 4.69) is 135 Å². The number of hydrogen-bond donors (Lipinski definition) is 0. The summed E-state index contributed by atoms with van der Waals surface area (Å²) < 4.78 is 41.8. The Balaban J connectivity index is 1.07. The van der Waals surface area contributed by atoms with Gasteiger partial charge >= 0.3 is 0 Å². The van der Waals surface area contributed by atoms with Crippen molar-refractivity contribution in [2.24, 2.45) is 0 Å². The first-order chi connectivity index (χ1) is 29.1. The minimum Gasteiger partial charge on any atom is -0.228 e. The third-order valence-corrected chi connectivity index (χ3v) is 11.0. The van der Waals surface area contributed by atoms with Crippen molar-refractivity contribution in [3.8, 4) is 78.4 Å². The van der Waals surface area contributed by atoms with Crippen molar-refractivity contribution >= 4 is 10.8 Å². The Morgan fingerprint density at radius 3 is 1.64 bits per heavy atom. The van der Waals surface area contributed by atoms with Crippen LogP contribution in [0.15, 0.2) is 194 Å². The molecule has 0 saturated carbocycles. The first-order valence-corrected chi connectivity index (χ1v) is 18.6. The molecule has 0 amide bonds. The average Bonchev–Trinajstić information content (AvgIpc) is 3.52. The van der Waals surface area contributed by atoms with Crippen LogP contribution < -0.4 is 0 Å². The van der Waals surface area contributed by atoms with Gasteiger partial charge in [0.15, 0.2) is 5.82 Å². The van der Waals surface area contributed by atoms with Crippen LogP contribution in [0.25, 0.3) is 89.2 Å². The second-order valence-corrected chi connectivity index (χ2v) is 14.6. The van der Waals surface area contributed by atoms with Gasteiger partial charge < -0.3 is 0 Å². The van der Waals surface area contributed by atoms with Crippen molar-refractivity contribution < 1.29 is 6.85 Å². The molecule has 1 aromatic heterocycles. The third kappa shape index (κ3) is 5.75. The van der Waals surface area contributed by atoms with E-state index in [-0.39, 0.29) is 35.8 Å². The zero-order chi connectivity index (χ0) is 41.3. The Labute approximate surface area is 329 Å². The molecule has 1 aliphatic carbocycles. The molecule has 9 aromatic rings. The second kappa shape index (κ2) is 13.2. The fraction of sp³-hybridized carbons (Fsp3) is 0.0566. The van der Waals surface area contributed by atoms with Gasteiger partial charge in [-0.2, -0.15) is 0 Å². The van der Waals surface area contributed by atoms with Crippen molar-refractivity contribution in [2.45, 2.75) is 19.3 Å². The molecular formula is C53H38N2. The molecule has 8 aromatic carbocycles. The summed E-state index contributed by atoms with van der Waals surface area (Å²) in [6.07, 6.45) is 0. The first kappa shape index (κ1) is 27.7. The molecule has 2 nitrogen and oxygen atoms in total. The number of rotatable bonds is 6. The summed E-state index contributed by atoms with van der Waals surface area (Å²) in [7, 11) is 0. The van der Waals surface area contributed by atoms with Crippen molar-refractivity contribution in [3.05, 3.63) is 205 Å². The quantitative estimate of drug-likeness (QED) is 0.172. The smallest absolute Gasteiger partial charge is 0.160 e. The van der Waals surface area contributed by atoms with Crippen LogP contribution in [0.2, 0.25) is 0 Å². The van der Waals surface area contributed by atoms with E-state index in [1.807, 2.05) is 42.5 Å². The molecule has 2 heteroatoms. The predicted octanol–water partition coefficient (Wildman–Crippen LogP) is 13.9. The second-order valence-electron chi connectivity index (χ2n) is 14.6. The van der Waals surface area contributed by atoms with E-state index in [9.17, 15) is 0 Å². The van der Waals surface area contributed by atoms with Crippen LogP contribution >= 0.6 is 0 Å². The lowest BCUT2D eigenvalue weighted by atomic mass is 9.80. The van der Waals surface area contributed by atoms with E-state index in [4.69, 9.17) is 16.8 Å². The largest absolute Gasteiger partial charge is 0.228 e. The average molecular weight is 708 g/mol. The SMILES string of the molecule is [2H]c1c([2H])c([2H])c(-c2ccc3c(c2)C(C)(C)c2cc(-c4ccc(-c5cc(-c6cccc(-c7ccccc7)c6)nc(-c6ccccc6)n5)c5ccccc45)ccc2-3)c([2H])c1[2H]. The molecule has 0 aliphatic heterocycles. The minimum atomic E-state index is -0.414. The maximum atomic E-state index is 8.61. The third-order valence-electron chi connectivity index (χ3n) is 11.0. The topological polar surface area (TPSA) is 25.8 Å². The fourth-order valence-corrected chi connectivity index (χ4v) is 8.17. The molecule has 0 atom stereocenters. The highest BCUT2D eigenvalue weighted by molar-refractivity contribution is 6.05. The highest BCUT2D eigenvalue weighted by Gasteiger charge is 2.36.